The summed E-state index contributed by atoms with van der Waals surface area (Å²) in [6.45, 7) is 1.68. The molecule has 2 aromatic carbocycles. The molecule has 0 saturated carbocycles. The second kappa shape index (κ2) is 7.59. The Morgan fingerprint density at radius 2 is 1.89 bits per heavy atom. The molecule has 2 aliphatic rings. The number of fused-ring (bicyclic) bond motifs is 1. The first-order valence-corrected chi connectivity index (χ1v) is 9.75. The van der Waals surface area contributed by atoms with Crippen LogP contribution in [0, 0.1) is 11.6 Å². The molecule has 2 heterocycles. The Labute approximate surface area is 167 Å². The van der Waals surface area contributed by atoms with E-state index in [0.717, 1.165) is 12.1 Å². The van der Waals surface area contributed by atoms with Gasteiger partial charge in [0.05, 0.1) is 12.2 Å². The van der Waals surface area contributed by atoms with Crippen LogP contribution in [0.3, 0.4) is 0 Å². The van der Waals surface area contributed by atoms with Crippen LogP contribution in [-0.2, 0) is 0 Å². The van der Waals surface area contributed by atoms with Crippen molar-refractivity contribution in [1.29, 1.82) is 0 Å². The topological polar surface area (TPSA) is 52.9 Å². The molecule has 4 nitrogen and oxygen atoms in total. The van der Waals surface area contributed by atoms with Gasteiger partial charge in [0.25, 0.3) is 0 Å². The van der Waals surface area contributed by atoms with Crippen molar-refractivity contribution in [3.63, 3.8) is 0 Å². The van der Waals surface area contributed by atoms with Gasteiger partial charge < -0.3 is 19.8 Å². The van der Waals surface area contributed by atoms with Gasteiger partial charge in [0.1, 0.15) is 11.4 Å². The minimum Gasteiger partial charge on any atom is -0.487 e. The quantitative estimate of drug-likeness (QED) is 0.804. The number of benzene rings is 2. The molecular weight excluding hydrogens is 388 g/mol. The molecule has 0 aliphatic carbocycles. The summed E-state index contributed by atoms with van der Waals surface area (Å²) in [7, 11) is 0. The second-order valence-electron chi connectivity index (χ2n) is 7.68. The van der Waals surface area contributed by atoms with Crippen molar-refractivity contribution in [3.05, 3.63) is 64.2 Å². The van der Waals surface area contributed by atoms with Gasteiger partial charge in [0.2, 0.25) is 0 Å². The monoisotopic (exact) mass is 409 g/mol. The summed E-state index contributed by atoms with van der Waals surface area (Å²) >= 11 is 6.01. The Morgan fingerprint density at radius 1 is 1.14 bits per heavy atom. The highest BCUT2D eigenvalue weighted by Crippen LogP contribution is 2.45. The van der Waals surface area contributed by atoms with Crippen LogP contribution in [0.5, 0.6) is 5.75 Å². The molecule has 7 heteroatoms. The molecule has 4 rings (SSSR count). The van der Waals surface area contributed by atoms with Crippen LogP contribution >= 0.6 is 11.6 Å². The van der Waals surface area contributed by atoms with E-state index in [0.29, 0.717) is 60.8 Å². The Hall–Kier alpha value is -1.73. The van der Waals surface area contributed by atoms with E-state index in [1.54, 1.807) is 18.2 Å². The summed E-state index contributed by atoms with van der Waals surface area (Å²) in [6.07, 6.45) is 0.388. The zero-order chi connectivity index (χ0) is 19.9. The number of aliphatic hydroxyl groups is 2. The molecule has 0 amide bonds. The fourth-order valence-electron chi connectivity index (χ4n) is 4.13. The predicted octanol–water partition coefficient (Wildman–Crippen LogP) is 4.00. The number of likely N-dealkylation sites (tertiary alicyclic amines) is 1. The number of β-amino-alcohol motifs (C(OH)–C–C–N with tert-alkyl or cyclic N) is 1. The van der Waals surface area contributed by atoms with Gasteiger partial charge in [0, 0.05) is 36.6 Å². The third-order valence-corrected chi connectivity index (χ3v) is 5.98. The van der Waals surface area contributed by atoms with E-state index in [1.807, 2.05) is 0 Å². The van der Waals surface area contributed by atoms with E-state index in [-0.39, 0.29) is 0 Å². The number of halogens is 3. The van der Waals surface area contributed by atoms with Crippen LogP contribution in [0.15, 0.2) is 36.4 Å². The molecule has 0 radical (unpaired) electrons. The van der Waals surface area contributed by atoms with Gasteiger partial charge in [-0.3, -0.25) is 0 Å². The summed E-state index contributed by atoms with van der Waals surface area (Å²) in [5.74, 6) is -1.22. The summed E-state index contributed by atoms with van der Waals surface area (Å²) in [5, 5.41) is 21.5. The largest absolute Gasteiger partial charge is 0.487 e. The number of rotatable bonds is 3. The van der Waals surface area contributed by atoms with Crippen LogP contribution in [0.1, 0.15) is 42.6 Å². The Morgan fingerprint density at radius 3 is 2.61 bits per heavy atom. The van der Waals surface area contributed by atoms with Gasteiger partial charge in [-0.2, -0.15) is 0 Å². The van der Waals surface area contributed by atoms with Crippen molar-refractivity contribution in [2.45, 2.75) is 37.1 Å². The number of piperidine rings is 1. The van der Waals surface area contributed by atoms with Crippen LogP contribution in [-0.4, -0.2) is 40.3 Å². The van der Waals surface area contributed by atoms with Crippen LogP contribution < -0.4 is 4.74 Å². The maximum atomic E-state index is 13.4. The molecule has 1 saturated heterocycles. The fraction of sp³-hybridized carbons (Fsp3) is 0.429. The first kappa shape index (κ1) is 19.6. The molecule has 150 valence electrons. The molecule has 28 heavy (non-hydrogen) atoms. The third kappa shape index (κ3) is 3.87. The minimum absolute atomic E-state index is 0.329. The van der Waals surface area contributed by atoms with Gasteiger partial charge in [-0.15, -0.1) is 0 Å². The van der Waals surface area contributed by atoms with Crippen molar-refractivity contribution in [3.8, 4) is 5.75 Å². The van der Waals surface area contributed by atoms with Crippen molar-refractivity contribution < 1.29 is 23.7 Å². The molecule has 0 aromatic heterocycles. The highest BCUT2D eigenvalue weighted by atomic mass is 35.5. The lowest BCUT2D eigenvalue weighted by atomic mass is 9.81. The van der Waals surface area contributed by atoms with Crippen molar-refractivity contribution in [2.75, 3.05) is 19.6 Å². The fourth-order valence-corrected chi connectivity index (χ4v) is 4.31. The van der Waals surface area contributed by atoms with Gasteiger partial charge in [-0.05, 0) is 48.7 Å². The zero-order valence-electron chi connectivity index (χ0n) is 15.2. The summed E-state index contributed by atoms with van der Waals surface area (Å²) in [5.41, 5.74) is 0.632. The lowest BCUT2D eigenvalue weighted by Gasteiger charge is -2.46. The Balaban J connectivity index is 1.39. The number of hydrogen-bond acceptors (Lipinski definition) is 4. The van der Waals surface area contributed by atoms with Gasteiger partial charge >= 0.3 is 0 Å². The summed E-state index contributed by atoms with van der Waals surface area (Å²) < 4.78 is 32.7. The summed E-state index contributed by atoms with van der Waals surface area (Å²) in [4.78, 5) is 2.07. The molecule has 2 atom stereocenters. The smallest absolute Gasteiger partial charge is 0.159 e. The molecule has 2 aromatic rings. The first-order valence-electron chi connectivity index (χ1n) is 9.37. The van der Waals surface area contributed by atoms with Crippen molar-refractivity contribution >= 4 is 11.6 Å². The maximum absolute atomic E-state index is 13.4. The first-order chi connectivity index (χ1) is 13.3. The SMILES string of the molecule is O[C@@H]1CC2(CCN(C[C@H](O)c3ccc(F)c(F)c3)CC2)Oc2ccc(Cl)cc21. The second-order valence-corrected chi connectivity index (χ2v) is 8.11. The number of ether oxygens (including phenoxy) is 1. The lowest BCUT2D eigenvalue weighted by molar-refractivity contribution is -0.0587. The van der Waals surface area contributed by atoms with E-state index in [1.165, 1.54) is 6.07 Å². The van der Waals surface area contributed by atoms with E-state index in [4.69, 9.17) is 16.3 Å². The average molecular weight is 410 g/mol. The standard InChI is InChI=1S/C21H22ClF2NO3/c22-14-2-4-20-15(10-14)18(26)11-21(28-20)5-7-25(8-6-21)12-19(27)13-1-3-16(23)17(24)9-13/h1-4,9-10,18-19,26-27H,5-8,11-12H2/t18-,19+/m1/s1. The average Bonchev–Trinajstić information content (AvgIpc) is 2.67. The number of hydrogen-bond donors (Lipinski definition) is 2. The van der Waals surface area contributed by atoms with Crippen molar-refractivity contribution in [1.82, 2.24) is 4.90 Å². The van der Waals surface area contributed by atoms with Gasteiger partial charge in [0.15, 0.2) is 11.6 Å². The highest BCUT2D eigenvalue weighted by Gasteiger charge is 2.43. The molecule has 0 bridgehead atoms. The van der Waals surface area contributed by atoms with Crippen LogP contribution in [0.25, 0.3) is 0 Å². The maximum Gasteiger partial charge on any atom is 0.159 e. The molecule has 0 unspecified atom stereocenters. The van der Waals surface area contributed by atoms with Crippen LogP contribution in [0.4, 0.5) is 8.78 Å². The Kier molecular flexibility index (Phi) is 5.31. The van der Waals surface area contributed by atoms with Crippen molar-refractivity contribution in [2.24, 2.45) is 0 Å². The predicted molar refractivity (Wildman–Crippen MR) is 101 cm³/mol. The van der Waals surface area contributed by atoms with E-state index in [9.17, 15) is 19.0 Å². The van der Waals surface area contributed by atoms with Crippen LogP contribution in [0.2, 0.25) is 5.02 Å². The zero-order valence-corrected chi connectivity index (χ0v) is 16.0. The van der Waals surface area contributed by atoms with E-state index in [2.05, 4.69) is 4.90 Å². The lowest BCUT2D eigenvalue weighted by Crippen LogP contribution is -2.51. The highest BCUT2D eigenvalue weighted by molar-refractivity contribution is 6.30. The number of nitrogens with zero attached hydrogens (tertiary/aromatic N) is 1. The molecular formula is C21H22ClF2NO3. The minimum atomic E-state index is -0.961. The normalized spacial score (nSPS) is 22.5. The molecule has 2 aliphatic heterocycles. The Bertz CT molecular complexity index is 871. The number of aliphatic hydroxyl groups excluding tert-OH is 2. The van der Waals surface area contributed by atoms with E-state index < -0.39 is 29.4 Å². The molecule has 2 N–H and O–H groups in total. The summed E-state index contributed by atoms with van der Waals surface area (Å²) in [6, 6.07) is 8.74. The third-order valence-electron chi connectivity index (χ3n) is 5.75. The van der Waals surface area contributed by atoms with E-state index >= 15 is 0 Å². The molecule has 1 spiro atoms. The van der Waals surface area contributed by atoms with Gasteiger partial charge in [-0.1, -0.05) is 17.7 Å². The molecule has 1 fully saturated rings. The van der Waals surface area contributed by atoms with Gasteiger partial charge in [-0.25, -0.2) is 8.78 Å².